The second-order valence-corrected chi connectivity index (χ2v) is 5.73. The summed E-state index contributed by atoms with van der Waals surface area (Å²) in [5, 5.41) is 9.18. The molecule has 0 aromatic carbocycles. The number of hydrogen-bond donors (Lipinski definition) is 1. The molecule has 0 radical (unpaired) electrons. The number of rotatable bonds is 4. The zero-order valence-corrected chi connectivity index (χ0v) is 11.3. The Bertz CT molecular complexity index is 679. The molecule has 7 nitrogen and oxygen atoms in total. The number of primary sulfonamides is 1. The molecule has 2 N–H and O–H groups in total. The van der Waals surface area contributed by atoms with Crippen LogP contribution in [-0.2, 0) is 10.0 Å². The first-order valence-corrected chi connectivity index (χ1v) is 7.12. The number of nitrogens with zero attached hydrogens (tertiary/aromatic N) is 3. The molecule has 0 saturated heterocycles. The zero-order chi connectivity index (χ0) is 14.0. The summed E-state index contributed by atoms with van der Waals surface area (Å²) >= 11 is 0. The lowest BCUT2D eigenvalue weighted by molar-refractivity contribution is 0.444. The fourth-order valence-electron chi connectivity index (χ4n) is 1.44. The van der Waals surface area contributed by atoms with Crippen LogP contribution in [0.1, 0.15) is 19.9 Å². The summed E-state index contributed by atoms with van der Waals surface area (Å²) in [6, 6.07) is 2.99. The smallest absolute Gasteiger partial charge is 0.243 e. The molecule has 0 bridgehead atoms. The van der Waals surface area contributed by atoms with E-state index in [0.29, 0.717) is 5.75 Å². The van der Waals surface area contributed by atoms with E-state index in [1.54, 1.807) is 10.9 Å². The van der Waals surface area contributed by atoms with Gasteiger partial charge in [0.05, 0.1) is 12.4 Å². The molecule has 0 saturated carbocycles. The highest BCUT2D eigenvalue weighted by Gasteiger charge is 2.17. The third-order valence-corrected chi connectivity index (χ3v) is 3.29. The van der Waals surface area contributed by atoms with Crippen LogP contribution in [0.25, 0.3) is 0 Å². The van der Waals surface area contributed by atoms with Gasteiger partial charge < -0.3 is 4.74 Å². The van der Waals surface area contributed by atoms with Crippen molar-refractivity contribution in [3.63, 3.8) is 0 Å². The Kier molecular flexibility index (Phi) is 3.54. The van der Waals surface area contributed by atoms with E-state index in [1.165, 1.54) is 24.5 Å². The molecule has 2 rings (SSSR count). The summed E-state index contributed by atoms with van der Waals surface area (Å²) in [7, 11) is -3.88. The van der Waals surface area contributed by atoms with Gasteiger partial charge in [0, 0.05) is 12.2 Å². The summed E-state index contributed by atoms with van der Waals surface area (Å²) in [5.74, 6) is 0.339. The number of ether oxygens (including phenoxy) is 1. The zero-order valence-electron chi connectivity index (χ0n) is 10.5. The van der Waals surface area contributed by atoms with Crippen LogP contribution in [0.15, 0.2) is 35.6 Å². The Morgan fingerprint density at radius 1 is 1.42 bits per heavy atom. The van der Waals surface area contributed by atoms with Crippen molar-refractivity contribution in [2.24, 2.45) is 5.14 Å². The van der Waals surface area contributed by atoms with Crippen molar-refractivity contribution in [1.82, 2.24) is 14.8 Å². The third-order valence-electron chi connectivity index (χ3n) is 2.36. The summed E-state index contributed by atoms with van der Waals surface area (Å²) in [6.07, 6.45) is 4.57. The molecular formula is C11H14N4O3S. The monoisotopic (exact) mass is 282 g/mol. The van der Waals surface area contributed by atoms with Gasteiger partial charge in [-0.15, -0.1) is 0 Å². The van der Waals surface area contributed by atoms with Crippen LogP contribution in [0, 0.1) is 0 Å². The minimum atomic E-state index is -3.88. The molecule has 0 fully saturated rings. The number of sulfonamides is 1. The normalized spacial score (nSPS) is 11.8. The highest BCUT2D eigenvalue weighted by molar-refractivity contribution is 7.89. The molecule has 0 aliphatic heterocycles. The van der Waals surface area contributed by atoms with E-state index in [1.807, 2.05) is 13.8 Å². The summed E-state index contributed by atoms with van der Waals surface area (Å²) in [5.41, 5.74) is 0. The number of hydrogen-bond acceptors (Lipinski definition) is 5. The second kappa shape index (κ2) is 4.98. The summed E-state index contributed by atoms with van der Waals surface area (Å²) < 4.78 is 29.9. The van der Waals surface area contributed by atoms with Crippen LogP contribution in [0.2, 0.25) is 0 Å². The van der Waals surface area contributed by atoms with Gasteiger partial charge in [-0.2, -0.15) is 5.10 Å². The Labute approximate surface area is 111 Å². The van der Waals surface area contributed by atoms with E-state index in [4.69, 9.17) is 9.88 Å². The molecule has 8 heteroatoms. The lowest BCUT2D eigenvalue weighted by Crippen LogP contribution is -2.13. The average molecular weight is 282 g/mol. The first kappa shape index (κ1) is 13.5. The van der Waals surface area contributed by atoms with Gasteiger partial charge in [0.25, 0.3) is 0 Å². The first-order chi connectivity index (χ1) is 8.88. The van der Waals surface area contributed by atoms with Gasteiger partial charge in [0.15, 0.2) is 5.75 Å². The lowest BCUT2D eigenvalue weighted by Gasteiger charge is -2.06. The summed E-state index contributed by atoms with van der Waals surface area (Å²) in [4.78, 5) is 3.72. The molecule has 2 heterocycles. The maximum Gasteiger partial charge on any atom is 0.243 e. The van der Waals surface area contributed by atoms with Crippen LogP contribution in [0.5, 0.6) is 11.6 Å². The third kappa shape index (κ3) is 3.09. The maximum atomic E-state index is 11.4. The highest BCUT2D eigenvalue weighted by atomic mass is 32.2. The van der Waals surface area contributed by atoms with Gasteiger partial charge in [-0.1, -0.05) is 0 Å². The Balaban J connectivity index is 2.33. The molecule has 0 amide bonds. The van der Waals surface area contributed by atoms with E-state index >= 15 is 0 Å². The van der Waals surface area contributed by atoms with Crippen LogP contribution in [0.4, 0.5) is 0 Å². The molecule has 0 aliphatic rings. The second-order valence-electron chi connectivity index (χ2n) is 4.20. The van der Waals surface area contributed by atoms with Crippen LogP contribution >= 0.6 is 0 Å². The Morgan fingerprint density at radius 2 is 2.16 bits per heavy atom. The number of aromatic nitrogens is 3. The van der Waals surface area contributed by atoms with E-state index in [0.717, 1.165) is 0 Å². The minimum absolute atomic E-state index is 0.0618. The largest absolute Gasteiger partial charge is 0.434 e. The SMILES string of the molecule is CC(C)n1cc(Oc2ncccc2S(N)(=O)=O)cn1. The van der Waals surface area contributed by atoms with Crippen LogP contribution in [-0.4, -0.2) is 23.2 Å². The molecule has 2 aromatic heterocycles. The molecule has 0 unspecified atom stereocenters. The van der Waals surface area contributed by atoms with Crippen LogP contribution in [0.3, 0.4) is 0 Å². The molecule has 102 valence electrons. The van der Waals surface area contributed by atoms with Crippen LogP contribution < -0.4 is 9.88 Å². The molecule has 0 atom stereocenters. The topological polar surface area (TPSA) is 100 Å². The minimum Gasteiger partial charge on any atom is -0.434 e. The van der Waals surface area contributed by atoms with Gasteiger partial charge in [-0.3, -0.25) is 4.68 Å². The van der Waals surface area contributed by atoms with E-state index in [9.17, 15) is 8.42 Å². The predicted octanol–water partition coefficient (Wildman–Crippen LogP) is 1.30. The number of pyridine rings is 1. The molecule has 19 heavy (non-hydrogen) atoms. The number of nitrogens with two attached hydrogens (primary N) is 1. The highest BCUT2D eigenvalue weighted by Crippen LogP contribution is 2.25. The van der Waals surface area contributed by atoms with E-state index in [-0.39, 0.29) is 16.8 Å². The average Bonchev–Trinajstić information content (AvgIpc) is 2.77. The quantitative estimate of drug-likeness (QED) is 0.911. The van der Waals surface area contributed by atoms with Crippen molar-refractivity contribution in [3.05, 3.63) is 30.7 Å². The van der Waals surface area contributed by atoms with Gasteiger partial charge in [-0.25, -0.2) is 18.5 Å². The van der Waals surface area contributed by atoms with Crippen molar-refractivity contribution in [1.29, 1.82) is 0 Å². The van der Waals surface area contributed by atoms with Crippen molar-refractivity contribution in [3.8, 4) is 11.6 Å². The molecule has 0 aliphatic carbocycles. The van der Waals surface area contributed by atoms with Gasteiger partial charge in [-0.05, 0) is 26.0 Å². The predicted molar refractivity (Wildman–Crippen MR) is 68.3 cm³/mol. The lowest BCUT2D eigenvalue weighted by atomic mass is 10.4. The van der Waals surface area contributed by atoms with Crippen molar-refractivity contribution >= 4 is 10.0 Å². The van der Waals surface area contributed by atoms with E-state index in [2.05, 4.69) is 10.1 Å². The van der Waals surface area contributed by atoms with E-state index < -0.39 is 10.0 Å². The van der Waals surface area contributed by atoms with Gasteiger partial charge >= 0.3 is 0 Å². The van der Waals surface area contributed by atoms with Crippen molar-refractivity contribution in [2.45, 2.75) is 24.8 Å². The maximum absolute atomic E-state index is 11.4. The molecule has 0 spiro atoms. The van der Waals surface area contributed by atoms with Gasteiger partial charge in [0.1, 0.15) is 4.90 Å². The molecular weight excluding hydrogens is 268 g/mol. The Morgan fingerprint density at radius 3 is 2.74 bits per heavy atom. The van der Waals surface area contributed by atoms with Crippen molar-refractivity contribution < 1.29 is 13.2 Å². The summed E-state index contributed by atoms with van der Waals surface area (Å²) in [6.45, 7) is 3.93. The fourth-order valence-corrected chi connectivity index (χ4v) is 2.04. The molecule has 2 aromatic rings. The first-order valence-electron chi connectivity index (χ1n) is 5.58. The van der Waals surface area contributed by atoms with Gasteiger partial charge in [0.2, 0.25) is 15.9 Å². The van der Waals surface area contributed by atoms with Crippen molar-refractivity contribution in [2.75, 3.05) is 0 Å². The fraction of sp³-hybridized carbons (Fsp3) is 0.273. The standard InChI is InChI=1S/C11H14N4O3S/c1-8(2)15-7-9(6-14-15)18-11-10(19(12,16)17)4-3-5-13-11/h3-8H,1-2H3,(H2,12,16,17). The Hall–Kier alpha value is -1.93.